The molecule has 1 amide bonds. The van der Waals surface area contributed by atoms with Gasteiger partial charge in [0, 0.05) is 36.8 Å². The van der Waals surface area contributed by atoms with E-state index in [9.17, 15) is 13.6 Å². The normalized spacial score (nSPS) is 24.8. The lowest BCUT2D eigenvalue weighted by Crippen LogP contribution is -2.57. The predicted molar refractivity (Wildman–Crippen MR) is 111 cm³/mol. The summed E-state index contributed by atoms with van der Waals surface area (Å²) < 4.78 is 34.1. The number of amides is 1. The molecule has 9 heteroatoms. The number of hydrogen-bond donors (Lipinski definition) is 2. The number of hydrogen-bond acceptors (Lipinski definition) is 5. The van der Waals surface area contributed by atoms with E-state index in [4.69, 9.17) is 4.74 Å². The van der Waals surface area contributed by atoms with E-state index in [0.29, 0.717) is 13.0 Å². The van der Waals surface area contributed by atoms with E-state index in [1.54, 1.807) is 20.8 Å². The van der Waals surface area contributed by atoms with Crippen LogP contribution in [-0.2, 0) is 17.8 Å². The van der Waals surface area contributed by atoms with Crippen molar-refractivity contribution >= 4 is 6.09 Å². The van der Waals surface area contributed by atoms with E-state index in [0.717, 1.165) is 36.5 Å². The van der Waals surface area contributed by atoms with Gasteiger partial charge < -0.3 is 10.1 Å². The maximum absolute atomic E-state index is 14.7. The molecule has 2 unspecified atom stereocenters. The number of rotatable bonds is 3. The van der Waals surface area contributed by atoms with Crippen LogP contribution >= 0.6 is 0 Å². The highest BCUT2D eigenvalue weighted by atomic mass is 19.1. The minimum atomic E-state index is -0.658. The number of carbonyl (C=O) groups is 1. The molecule has 2 aromatic rings. The smallest absolute Gasteiger partial charge is 0.407 e. The maximum atomic E-state index is 14.7. The molecule has 1 aromatic heterocycles. The summed E-state index contributed by atoms with van der Waals surface area (Å²) in [6.45, 7) is 7.54. The largest absolute Gasteiger partial charge is 0.444 e. The molecule has 31 heavy (non-hydrogen) atoms. The first kappa shape index (κ1) is 21.7. The Bertz CT molecular complexity index is 937. The Balaban J connectivity index is 1.59. The van der Waals surface area contributed by atoms with Gasteiger partial charge in [-0.25, -0.2) is 13.6 Å². The minimum Gasteiger partial charge on any atom is -0.444 e. The number of halogens is 2. The summed E-state index contributed by atoms with van der Waals surface area (Å²) in [6, 6.07) is 2.61. The van der Waals surface area contributed by atoms with Gasteiger partial charge >= 0.3 is 6.09 Å². The predicted octanol–water partition coefficient (Wildman–Crippen LogP) is 3.34. The molecular weight excluding hydrogens is 404 g/mol. The molecule has 0 aliphatic carbocycles. The van der Waals surface area contributed by atoms with Crippen LogP contribution in [0.4, 0.5) is 13.6 Å². The van der Waals surface area contributed by atoms with Gasteiger partial charge in [0.2, 0.25) is 0 Å². The topological polar surface area (TPSA) is 73.5 Å². The lowest BCUT2D eigenvalue weighted by Gasteiger charge is -2.46. The van der Waals surface area contributed by atoms with Crippen molar-refractivity contribution < 1.29 is 18.3 Å². The first-order chi connectivity index (χ1) is 14.6. The fraction of sp³-hybridized carbons (Fsp3) is 0.545. The molecule has 168 valence electrons. The van der Waals surface area contributed by atoms with E-state index in [-0.39, 0.29) is 11.6 Å². The molecule has 1 aromatic carbocycles. The Morgan fingerprint density at radius 1 is 1.29 bits per heavy atom. The number of fused-ring (bicyclic) bond motifs is 1. The van der Waals surface area contributed by atoms with Crippen molar-refractivity contribution in [1.29, 1.82) is 0 Å². The molecular formula is C22H29F2N5O2. The summed E-state index contributed by atoms with van der Waals surface area (Å²) in [6.07, 6.45) is 1.86. The third-order valence-electron chi connectivity index (χ3n) is 5.92. The zero-order valence-corrected chi connectivity index (χ0v) is 18.3. The molecule has 0 bridgehead atoms. The first-order valence-corrected chi connectivity index (χ1v) is 10.5. The molecule has 3 heterocycles. The number of piperidine rings is 1. The molecule has 2 N–H and O–H groups in total. The van der Waals surface area contributed by atoms with Gasteiger partial charge in [-0.2, -0.15) is 5.10 Å². The fourth-order valence-corrected chi connectivity index (χ4v) is 4.65. The molecule has 1 saturated heterocycles. The molecule has 0 saturated carbocycles. The van der Waals surface area contributed by atoms with Gasteiger partial charge in [0.25, 0.3) is 0 Å². The quantitative estimate of drug-likeness (QED) is 0.777. The van der Waals surface area contributed by atoms with Gasteiger partial charge in [0.05, 0.1) is 24.0 Å². The number of benzene rings is 1. The highest BCUT2D eigenvalue weighted by Gasteiger charge is 2.41. The van der Waals surface area contributed by atoms with Crippen LogP contribution in [0, 0.1) is 11.6 Å². The van der Waals surface area contributed by atoms with E-state index in [1.807, 2.05) is 18.1 Å². The van der Waals surface area contributed by atoms with Crippen molar-refractivity contribution in [3.05, 3.63) is 52.9 Å². The van der Waals surface area contributed by atoms with Gasteiger partial charge in [-0.3, -0.25) is 14.9 Å². The zero-order chi connectivity index (χ0) is 22.3. The van der Waals surface area contributed by atoms with E-state index < -0.39 is 35.4 Å². The number of likely N-dealkylation sites (N-methyl/N-ethyl adjacent to an activating group) is 1. The van der Waals surface area contributed by atoms with E-state index in [1.165, 1.54) is 6.07 Å². The molecule has 0 spiro atoms. The zero-order valence-electron chi connectivity index (χ0n) is 18.3. The number of likely N-dealkylation sites (tertiary alicyclic amines) is 1. The first-order valence-electron chi connectivity index (χ1n) is 10.5. The molecule has 2 aliphatic rings. The summed E-state index contributed by atoms with van der Waals surface area (Å²) in [5.41, 5.74) is 1.84. The van der Waals surface area contributed by atoms with Gasteiger partial charge in [0.15, 0.2) is 0 Å². The van der Waals surface area contributed by atoms with Crippen LogP contribution in [-0.4, -0.2) is 57.4 Å². The van der Waals surface area contributed by atoms with E-state index in [2.05, 4.69) is 20.4 Å². The standard InChI is InChI=1S/C22H29F2N5O2/c1-22(2,3)31-21(30)26-18-8-15(29-10-13-9-25-27-19(13)12-29)11-28(4)20(18)16-7-14(23)5-6-17(16)24/h5-7,9,15,18,20H,8,10-12H2,1-4H3,(H,25,27)(H,26,30)/t15?,18?,20-/m1/s1. The van der Waals surface area contributed by atoms with Crippen molar-refractivity contribution in [2.45, 2.75) is 64.0 Å². The molecule has 1 fully saturated rings. The number of aromatic nitrogens is 2. The van der Waals surface area contributed by atoms with Crippen LogP contribution in [0.5, 0.6) is 0 Å². The lowest BCUT2D eigenvalue weighted by atomic mass is 9.87. The van der Waals surface area contributed by atoms with Crippen LogP contribution in [0.25, 0.3) is 0 Å². The lowest BCUT2D eigenvalue weighted by molar-refractivity contribution is 0.0257. The number of ether oxygens (including phenoxy) is 1. The van der Waals surface area contributed by atoms with Crippen molar-refractivity contribution in [3.8, 4) is 0 Å². The third kappa shape index (κ3) is 4.72. The second-order valence-corrected chi connectivity index (χ2v) is 9.47. The maximum Gasteiger partial charge on any atom is 0.407 e. The number of nitrogens with zero attached hydrogens (tertiary/aromatic N) is 3. The highest BCUT2D eigenvalue weighted by molar-refractivity contribution is 5.68. The SMILES string of the molecule is CN1CC(N2Cc3cn[nH]c3C2)CC(NC(=O)OC(C)(C)C)[C@H]1c1cc(F)ccc1F. The van der Waals surface area contributed by atoms with Gasteiger partial charge in [-0.15, -0.1) is 0 Å². The summed E-state index contributed by atoms with van der Waals surface area (Å²) in [7, 11) is 1.88. The van der Waals surface area contributed by atoms with Crippen LogP contribution in [0.3, 0.4) is 0 Å². The van der Waals surface area contributed by atoms with E-state index >= 15 is 0 Å². The average Bonchev–Trinajstić information content (AvgIpc) is 3.24. The van der Waals surface area contributed by atoms with Crippen LogP contribution in [0.15, 0.2) is 24.4 Å². The minimum absolute atomic E-state index is 0.124. The molecule has 4 rings (SSSR count). The second-order valence-electron chi connectivity index (χ2n) is 9.47. The number of aromatic amines is 1. The monoisotopic (exact) mass is 433 g/mol. The van der Waals surface area contributed by atoms with Crippen molar-refractivity contribution in [1.82, 2.24) is 25.3 Å². The Morgan fingerprint density at radius 2 is 2.06 bits per heavy atom. The van der Waals surface area contributed by atoms with Crippen molar-refractivity contribution in [3.63, 3.8) is 0 Å². The van der Waals surface area contributed by atoms with Gasteiger partial charge in [-0.1, -0.05) is 0 Å². The summed E-state index contributed by atoms with van der Waals surface area (Å²) in [4.78, 5) is 16.9. The summed E-state index contributed by atoms with van der Waals surface area (Å²) in [5.74, 6) is -0.997. The highest BCUT2D eigenvalue weighted by Crippen LogP contribution is 2.36. The Labute approximate surface area is 180 Å². The van der Waals surface area contributed by atoms with Crippen molar-refractivity contribution in [2.75, 3.05) is 13.6 Å². The number of alkyl carbamates (subject to hydrolysis) is 1. The Kier molecular flexibility index (Phi) is 5.74. The van der Waals surface area contributed by atoms with Gasteiger partial charge in [-0.05, 0) is 52.4 Å². The fourth-order valence-electron chi connectivity index (χ4n) is 4.65. The number of H-pyrrole nitrogens is 1. The van der Waals surface area contributed by atoms with Crippen LogP contribution in [0.1, 0.15) is 50.1 Å². The Morgan fingerprint density at radius 3 is 2.77 bits per heavy atom. The Hall–Kier alpha value is -2.52. The molecule has 0 radical (unpaired) electrons. The summed E-state index contributed by atoms with van der Waals surface area (Å²) >= 11 is 0. The van der Waals surface area contributed by atoms with Crippen LogP contribution in [0.2, 0.25) is 0 Å². The average molecular weight is 434 g/mol. The third-order valence-corrected chi connectivity index (χ3v) is 5.92. The number of nitrogens with one attached hydrogen (secondary N) is 2. The molecule has 7 nitrogen and oxygen atoms in total. The van der Waals surface area contributed by atoms with Crippen molar-refractivity contribution in [2.24, 2.45) is 0 Å². The molecule has 3 atom stereocenters. The van der Waals surface area contributed by atoms with Crippen LogP contribution < -0.4 is 5.32 Å². The van der Waals surface area contributed by atoms with Gasteiger partial charge in [0.1, 0.15) is 17.2 Å². The number of carbonyl (C=O) groups excluding carboxylic acids is 1. The molecule has 2 aliphatic heterocycles. The summed E-state index contributed by atoms with van der Waals surface area (Å²) in [5, 5.41) is 10.0. The second kappa shape index (κ2) is 8.20.